The molecule has 0 radical (unpaired) electrons. The number of methoxy groups -OCH3 is 1. The summed E-state index contributed by atoms with van der Waals surface area (Å²) in [7, 11) is 1.34. The zero-order valence-corrected chi connectivity index (χ0v) is 10.0. The SMILES string of the molecule is COc1cc(Br)c(CC(C)O)c(F)c1O. The van der Waals surface area contributed by atoms with Gasteiger partial charge in [-0.2, -0.15) is 0 Å². The minimum absolute atomic E-state index is 0.0636. The largest absolute Gasteiger partial charge is 0.502 e. The van der Waals surface area contributed by atoms with E-state index in [4.69, 9.17) is 4.74 Å². The summed E-state index contributed by atoms with van der Waals surface area (Å²) in [5, 5.41) is 18.6. The molecular weight excluding hydrogens is 267 g/mol. The van der Waals surface area contributed by atoms with Crippen molar-refractivity contribution in [2.24, 2.45) is 0 Å². The third kappa shape index (κ3) is 2.60. The number of aliphatic hydroxyl groups is 1. The monoisotopic (exact) mass is 278 g/mol. The third-order valence-electron chi connectivity index (χ3n) is 1.97. The Balaban J connectivity index is 3.23. The maximum Gasteiger partial charge on any atom is 0.194 e. The Morgan fingerprint density at radius 2 is 2.20 bits per heavy atom. The molecule has 3 nitrogen and oxygen atoms in total. The predicted molar refractivity (Wildman–Crippen MR) is 57.7 cm³/mol. The number of aliphatic hydroxyl groups excluding tert-OH is 1. The summed E-state index contributed by atoms with van der Waals surface area (Å²) >= 11 is 3.16. The highest BCUT2D eigenvalue weighted by atomic mass is 79.9. The van der Waals surface area contributed by atoms with Crippen LogP contribution in [-0.4, -0.2) is 23.4 Å². The second kappa shape index (κ2) is 4.81. The second-order valence-electron chi connectivity index (χ2n) is 3.25. The smallest absolute Gasteiger partial charge is 0.194 e. The molecule has 1 aromatic carbocycles. The van der Waals surface area contributed by atoms with E-state index in [-0.39, 0.29) is 17.7 Å². The van der Waals surface area contributed by atoms with Gasteiger partial charge in [-0.15, -0.1) is 0 Å². The van der Waals surface area contributed by atoms with Crippen molar-refractivity contribution in [3.63, 3.8) is 0 Å². The van der Waals surface area contributed by atoms with Gasteiger partial charge in [0.25, 0.3) is 0 Å². The molecule has 0 bridgehead atoms. The van der Waals surface area contributed by atoms with Crippen LogP contribution >= 0.6 is 15.9 Å². The van der Waals surface area contributed by atoms with Crippen molar-refractivity contribution in [3.05, 3.63) is 21.9 Å². The summed E-state index contributed by atoms with van der Waals surface area (Å²) in [6.45, 7) is 1.55. The van der Waals surface area contributed by atoms with Crippen LogP contribution in [-0.2, 0) is 6.42 Å². The van der Waals surface area contributed by atoms with Crippen LogP contribution in [0.2, 0.25) is 0 Å². The summed E-state index contributed by atoms with van der Waals surface area (Å²) in [5.41, 5.74) is 0.239. The summed E-state index contributed by atoms with van der Waals surface area (Å²) in [4.78, 5) is 0. The van der Waals surface area contributed by atoms with Gasteiger partial charge in [0.1, 0.15) is 0 Å². The molecule has 15 heavy (non-hydrogen) atoms. The Bertz CT molecular complexity index is 366. The molecule has 1 atom stereocenters. The van der Waals surface area contributed by atoms with Crippen molar-refractivity contribution in [1.29, 1.82) is 0 Å². The number of hydrogen-bond acceptors (Lipinski definition) is 3. The van der Waals surface area contributed by atoms with Crippen molar-refractivity contribution < 1.29 is 19.3 Å². The van der Waals surface area contributed by atoms with Gasteiger partial charge in [-0.05, 0) is 13.0 Å². The van der Waals surface area contributed by atoms with Crippen molar-refractivity contribution in [3.8, 4) is 11.5 Å². The molecule has 0 fully saturated rings. The van der Waals surface area contributed by atoms with Gasteiger partial charge in [0.15, 0.2) is 17.3 Å². The van der Waals surface area contributed by atoms with Crippen LogP contribution in [0.25, 0.3) is 0 Å². The molecule has 0 aliphatic carbocycles. The van der Waals surface area contributed by atoms with Crippen molar-refractivity contribution in [2.75, 3.05) is 7.11 Å². The summed E-state index contributed by atoms with van der Waals surface area (Å²) in [5.74, 6) is -1.23. The minimum Gasteiger partial charge on any atom is -0.502 e. The van der Waals surface area contributed by atoms with Gasteiger partial charge in [-0.25, -0.2) is 4.39 Å². The van der Waals surface area contributed by atoms with Gasteiger partial charge in [0, 0.05) is 16.5 Å². The number of phenols is 1. The fourth-order valence-corrected chi connectivity index (χ4v) is 1.81. The lowest BCUT2D eigenvalue weighted by Gasteiger charge is -2.12. The lowest BCUT2D eigenvalue weighted by atomic mass is 10.1. The first-order valence-electron chi connectivity index (χ1n) is 4.39. The average molecular weight is 279 g/mol. The van der Waals surface area contributed by atoms with Crippen LogP contribution in [0.5, 0.6) is 11.5 Å². The van der Waals surface area contributed by atoms with Crippen LogP contribution in [0, 0.1) is 5.82 Å². The standard InChI is InChI=1S/C10H12BrFO3/c1-5(13)3-6-7(11)4-8(15-2)10(14)9(6)12/h4-5,13-14H,3H2,1-2H3. The Morgan fingerprint density at radius 1 is 1.60 bits per heavy atom. The Kier molecular flexibility index (Phi) is 3.93. The van der Waals surface area contributed by atoms with Gasteiger partial charge in [-0.3, -0.25) is 0 Å². The normalized spacial score (nSPS) is 12.6. The maximum atomic E-state index is 13.6. The van der Waals surface area contributed by atoms with E-state index >= 15 is 0 Å². The number of phenolic OH excluding ortho intramolecular Hbond substituents is 1. The van der Waals surface area contributed by atoms with Crippen LogP contribution in [0.15, 0.2) is 10.5 Å². The number of rotatable bonds is 3. The lowest BCUT2D eigenvalue weighted by Crippen LogP contribution is -2.07. The number of halogens is 2. The average Bonchev–Trinajstić information content (AvgIpc) is 2.18. The van der Waals surface area contributed by atoms with Crippen molar-refractivity contribution in [2.45, 2.75) is 19.4 Å². The molecule has 0 amide bonds. The van der Waals surface area contributed by atoms with Gasteiger partial charge in [0.05, 0.1) is 13.2 Å². The predicted octanol–water partition coefficient (Wildman–Crippen LogP) is 2.23. The van der Waals surface area contributed by atoms with E-state index in [9.17, 15) is 14.6 Å². The van der Waals surface area contributed by atoms with E-state index in [1.54, 1.807) is 6.92 Å². The van der Waals surface area contributed by atoms with E-state index in [0.29, 0.717) is 4.47 Å². The number of ether oxygens (including phenoxy) is 1. The Hall–Kier alpha value is -0.810. The van der Waals surface area contributed by atoms with Crippen LogP contribution in [0.4, 0.5) is 4.39 Å². The van der Waals surface area contributed by atoms with Crippen LogP contribution < -0.4 is 4.74 Å². The van der Waals surface area contributed by atoms with Crippen LogP contribution in [0.1, 0.15) is 12.5 Å². The van der Waals surface area contributed by atoms with E-state index in [0.717, 1.165) is 0 Å². The highest BCUT2D eigenvalue weighted by Crippen LogP contribution is 2.36. The second-order valence-corrected chi connectivity index (χ2v) is 4.11. The fraction of sp³-hybridized carbons (Fsp3) is 0.400. The first-order valence-corrected chi connectivity index (χ1v) is 5.18. The maximum absolute atomic E-state index is 13.6. The lowest BCUT2D eigenvalue weighted by molar-refractivity contribution is 0.193. The minimum atomic E-state index is -0.762. The molecule has 0 aliphatic heterocycles. The molecule has 2 N–H and O–H groups in total. The van der Waals surface area contributed by atoms with Crippen LogP contribution in [0.3, 0.4) is 0 Å². The number of hydrogen-bond donors (Lipinski definition) is 2. The first kappa shape index (κ1) is 12.3. The Morgan fingerprint density at radius 3 is 2.67 bits per heavy atom. The zero-order chi connectivity index (χ0) is 11.6. The van der Waals surface area contributed by atoms with Crippen molar-refractivity contribution in [1.82, 2.24) is 0 Å². The fourth-order valence-electron chi connectivity index (χ4n) is 1.26. The molecule has 0 saturated carbocycles. The van der Waals surface area contributed by atoms with E-state index in [1.165, 1.54) is 13.2 Å². The molecule has 0 saturated heterocycles. The van der Waals surface area contributed by atoms with Gasteiger partial charge >= 0.3 is 0 Å². The van der Waals surface area contributed by atoms with Crippen molar-refractivity contribution >= 4 is 15.9 Å². The molecular formula is C10H12BrFO3. The molecule has 0 spiro atoms. The molecule has 84 valence electrons. The highest BCUT2D eigenvalue weighted by molar-refractivity contribution is 9.10. The molecule has 0 aliphatic rings. The molecule has 0 heterocycles. The first-order chi connectivity index (χ1) is 6.97. The summed E-state index contributed by atoms with van der Waals surface area (Å²) < 4.78 is 18.9. The molecule has 1 aromatic rings. The Labute approximate surface area is 95.6 Å². The zero-order valence-electron chi connectivity index (χ0n) is 8.42. The molecule has 1 rings (SSSR count). The number of benzene rings is 1. The molecule has 0 aromatic heterocycles. The van der Waals surface area contributed by atoms with Gasteiger partial charge in [0.2, 0.25) is 0 Å². The molecule has 1 unspecified atom stereocenters. The van der Waals surface area contributed by atoms with Gasteiger partial charge in [-0.1, -0.05) is 15.9 Å². The summed E-state index contributed by atoms with van der Waals surface area (Å²) in [6, 6.07) is 1.47. The molecule has 5 heteroatoms. The van der Waals surface area contributed by atoms with E-state index in [1.807, 2.05) is 0 Å². The van der Waals surface area contributed by atoms with Gasteiger partial charge < -0.3 is 14.9 Å². The third-order valence-corrected chi connectivity index (χ3v) is 2.68. The summed E-state index contributed by atoms with van der Waals surface area (Å²) in [6.07, 6.45) is -0.548. The quantitative estimate of drug-likeness (QED) is 0.892. The highest BCUT2D eigenvalue weighted by Gasteiger charge is 2.18. The number of aromatic hydroxyl groups is 1. The topological polar surface area (TPSA) is 49.7 Å². The van der Waals surface area contributed by atoms with E-state index < -0.39 is 17.7 Å². The van der Waals surface area contributed by atoms with E-state index in [2.05, 4.69) is 15.9 Å².